The molecule has 0 aliphatic carbocycles. The highest BCUT2D eigenvalue weighted by atomic mass is 16.5. The second-order valence-electron chi connectivity index (χ2n) is 7.73. The summed E-state index contributed by atoms with van der Waals surface area (Å²) < 4.78 is 5.37. The minimum absolute atomic E-state index is 0.00402. The van der Waals surface area contributed by atoms with E-state index < -0.39 is 0 Å². The van der Waals surface area contributed by atoms with Crippen LogP contribution in [0.1, 0.15) is 45.4 Å². The highest BCUT2D eigenvalue weighted by Crippen LogP contribution is 2.28. The molecule has 3 amide bonds. The molecule has 2 aliphatic heterocycles. The summed E-state index contributed by atoms with van der Waals surface area (Å²) in [5, 5.41) is 4.03. The average molecular weight is 416 g/mol. The van der Waals surface area contributed by atoms with Crippen LogP contribution in [0.2, 0.25) is 0 Å². The van der Waals surface area contributed by atoms with E-state index in [9.17, 15) is 14.4 Å². The van der Waals surface area contributed by atoms with Gasteiger partial charge in [0.05, 0.1) is 17.0 Å². The van der Waals surface area contributed by atoms with E-state index in [2.05, 4.69) is 10.1 Å². The monoisotopic (exact) mass is 416 g/mol. The minimum Gasteiger partial charge on any atom is -0.341 e. The van der Waals surface area contributed by atoms with Crippen LogP contribution in [0.25, 0.3) is 11.4 Å². The predicted molar refractivity (Wildman–Crippen MR) is 110 cm³/mol. The van der Waals surface area contributed by atoms with Gasteiger partial charge in [0.25, 0.3) is 11.8 Å². The summed E-state index contributed by atoms with van der Waals surface area (Å²) in [6, 6.07) is 16.4. The van der Waals surface area contributed by atoms with Gasteiger partial charge in [-0.2, -0.15) is 4.98 Å². The molecule has 8 heteroatoms. The fourth-order valence-electron chi connectivity index (χ4n) is 3.93. The van der Waals surface area contributed by atoms with Crippen LogP contribution in [0.5, 0.6) is 0 Å². The molecule has 156 valence electrons. The molecule has 0 saturated carbocycles. The molecule has 1 saturated heterocycles. The van der Waals surface area contributed by atoms with Crippen LogP contribution in [0, 0.1) is 0 Å². The van der Waals surface area contributed by atoms with Gasteiger partial charge in [-0.3, -0.25) is 19.3 Å². The Morgan fingerprint density at radius 1 is 0.968 bits per heavy atom. The van der Waals surface area contributed by atoms with Crippen LogP contribution in [0.3, 0.4) is 0 Å². The molecule has 3 aromatic rings. The SMILES string of the molecule is O=C(CCCN1C(=O)c2ccccc2C1=O)N1CC(c2nc(-c3ccccc3)no2)C1. The number of benzene rings is 2. The van der Waals surface area contributed by atoms with E-state index in [-0.39, 0.29) is 36.6 Å². The number of hydrogen-bond acceptors (Lipinski definition) is 6. The smallest absolute Gasteiger partial charge is 0.261 e. The van der Waals surface area contributed by atoms with E-state index in [1.54, 1.807) is 29.2 Å². The van der Waals surface area contributed by atoms with Crippen LogP contribution in [-0.2, 0) is 4.79 Å². The zero-order chi connectivity index (χ0) is 21.4. The number of carbonyl (C=O) groups excluding carboxylic acids is 3. The molecule has 3 heterocycles. The Labute approximate surface area is 178 Å². The fourth-order valence-corrected chi connectivity index (χ4v) is 3.93. The van der Waals surface area contributed by atoms with Gasteiger partial charge in [0.15, 0.2) is 0 Å². The van der Waals surface area contributed by atoms with E-state index in [0.717, 1.165) is 5.56 Å². The van der Waals surface area contributed by atoms with Crippen molar-refractivity contribution in [2.45, 2.75) is 18.8 Å². The van der Waals surface area contributed by atoms with Crippen LogP contribution >= 0.6 is 0 Å². The maximum absolute atomic E-state index is 12.5. The molecule has 1 fully saturated rings. The molecule has 1 aromatic heterocycles. The number of fused-ring (bicyclic) bond motifs is 1. The number of rotatable bonds is 6. The average Bonchev–Trinajstić information content (AvgIpc) is 3.33. The third-order valence-corrected chi connectivity index (χ3v) is 5.71. The third kappa shape index (κ3) is 3.50. The van der Waals surface area contributed by atoms with Crippen LogP contribution in [0.4, 0.5) is 0 Å². The number of nitrogens with zero attached hydrogens (tertiary/aromatic N) is 4. The first kappa shape index (κ1) is 19.2. The molecule has 31 heavy (non-hydrogen) atoms. The van der Waals surface area contributed by atoms with Crippen molar-refractivity contribution in [2.75, 3.05) is 19.6 Å². The first-order valence-corrected chi connectivity index (χ1v) is 10.2. The quantitative estimate of drug-likeness (QED) is 0.573. The number of imide groups is 1. The molecule has 0 bridgehead atoms. The molecular weight excluding hydrogens is 396 g/mol. The van der Waals surface area contributed by atoms with Gasteiger partial charge in [0.1, 0.15) is 0 Å². The van der Waals surface area contributed by atoms with Crippen molar-refractivity contribution in [1.29, 1.82) is 0 Å². The Bertz CT molecular complexity index is 1120. The molecule has 8 nitrogen and oxygen atoms in total. The highest BCUT2D eigenvalue weighted by Gasteiger charge is 2.37. The summed E-state index contributed by atoms with van der Waals surface area (Å²) in [6.07, 6.45) is 0.712. The summed E-state index contributed by atoms with van der Waals surface area (Å²) >= 11 is 0. The molecule has 2 aromatic carbocycles. The van der Waals surface area contributed by atoms with Crippen molar-refractivity contribution in [2.24, 2.45) is 0 Å². The summed E-state index contributed by atoms with van der Waals surface area (Å²) in [5.41, 5.74) is 1.75. The van der Waals surface area contributed by atoms with Gasteiger partial charge in [-0.05, 0) is 18.6 Å². The van der Waals surface area contributed by atoms with Gasteiger partial charge < -0.3 is 9.42 Å². The second-order valence-corrected chi connectivity index (χ2v) is 7.73. The summed E-state index contributed by atoms with van der Waals surface area (Å²) in [6.45, 7) is 1.30. The van der Waals surface area contributed by atoms with Crippen LogP contribution in [0.15, 0.2) is 59.1 Å². The number of amides is 3. The Morgan fingerprint density at radius 2 is 1.61 bits per heavy atom. The third-order valence-electron chi connectivity index (χ3n) is 5.71. The lowest BCUT2D eigenvalue weighted by atomic mass is 9.99. The Balaban J connectivity index is 1.10. The molecule has 0 N–H and O–H groups in total. The minimum atomic E-state index is -0.289. The number of likely N-dealkylation sites (tertiary alicyclic amines) is 1. The zero-order valence-electron chi connectivity index (χ0n) is 16.7. The Hall–Kier alpha value is -3.81. The highest BCUT2D eigenvalue weighted by molar-refractivity contribution is 6.21. The van der Waals surface area contributed by atoms with E-state index >= 15 is 0 Å². The van der Waals surface area contributed by atoms with Crippen molar-refractivity contribution in [3.05, 3.63) is 71.6 Å². The molecule has 0 radical (unpaired) electrons. The van der Waals surface area contributed by atoms with Crippen LogP contribution < -0.4 is 0 Å². The number of hydrogen-bond donors (Lipinski definition) is 0. The van der Waals surface area contributed by atoms with Gasteiger partial charge >= 0.3 is 0 Å². The lowest BCUT2D eigenvalue weighted by Gasteiger charge is -2.37. The van der Waals surface area contributed by atoms with Gasteiger partial charge in [-0.1, -0.05) is 47.6 Å². The molecule has 0 spiro atoms. The maximum Gasteiger partial charge on any atom is 0.261 e. The van der Waals surface area contributed by atoms with E-state index in [0.29, 0.717) is 42.4 Å². The first-order chi connectivity index (χ1) is 15.1. The van der Waals surface area contributed by atoms with Crippen molar-refractivity contribution < 1.29 is 18.9 Å². The molecule has 0 atom stereocenters. The Kier molecular flexibility index (Phi) is 4.82. The van der Waals surface area contributed by atoms with Crippen molar-refractivity contribution in [1.82, 2.24) is 19.9 Å². The summed E-state index contributed by atoms with van der Waals surface area (Å²) in [7, 11) is 0. The number of aromatic nitrogens is 2. The topological polar surface area (TPSA) is 96.6 Å². The van der Waals surface area contributed by atoms with Gasteiger partial charge in [-0.15, -0.1) is 0 Å². The van der Waals surface area contributed by atoms with Gasteiger partial charge in [-0.25, -0.2) is 0 Å². The second kappa shape index (κ2) is 7.79. The van der Waals surface area contributed by atoms with Crippen molar-refractivity contribution in [3.63, 3.8) is 0 Å². The lowest BCUT2D eigenvalue weighted by molar-refractivity contribution is -0.136. The fraction of sp³-hybridized carbons (Fsp3) is 0.261. The van der Waals surface area contributed by atoms with Crippen LogP contribution in [-0.4, -0.2) is 57.3 Å². The molecule has 2 aliphatic rings. The zero-order valence-corrected chi connectivity index (χ0v) is 16.7. The standard InChI is InChI=1S/C23H20N4O4/c28-19(11-6-12-27-22(29)17-9-4-5-10-18(17)23(27)30)26-13-16(14-26)21-24-20(25-31-21)15-7-2-1-3-8-15/h1-5,7-10,16H,6,11-14H2. The maximum atomic E-state index is 12.5. The largest absolute Gasteiger partial charge is 0.341 e. The van der Waals surface area contributed by atoms with E-state index in [1.807, 2.05) is 30.3 Å². The van der Waals surface area contributed by atoms with E-state index in [4.69, 9.17) is 4.52 Å². The molecule has 0 unspecified atom stereocenters. The summed E-state index contributed by atoms with van der Waals surface area (Å²) in [4.78, 5) is 44.6. The number of carbonyl (C=O) groups is 3. The predicted octanol–water partition coefficient (Wildman–Crippen LogP) is 2.74. The molecular formula is C23H20N4O4. The van der Waals surface area contributed by atoms with Gasteiger partial charge in [0.2, 0.25) is 17.6 Å². The first-order valence-electron chi connectivity index (χ1n) is 10.2. The van der Waals surface area contributed by atoms with Crippen molar-refractivity contribution in [3.8, 4) is 11.4 Å². The molecule has 5 rings (SSSR count). The normalized spacial score (nSPS) is 15.9. The van der Waals surface area contributed by atoms with Gasteiger partial charge in [0, 0.05) is 31.6 Å². The Morgan fingerprint density at radius 3 is 2.29 bits per heavy atom. The van der Waals surface area contributed by atoms with Crippen molar-refractivity contribution >= 4 is 17.7 Å². The lowest BCUT2D eigenvalue weighted by Crippen LogP contribution is -2.48. The summed E-state index contributed by atoms with van der Waals surface area (Å²) in [5.74, 6) is 0.529. The van der Waals surface area contributed by atoms with E-state index in [1.165, 1.54) is 4.90 Å².